The lowest BCUT2D eigenvalue weighted by atomic mass is 10.0. The summed E-state index contributed by atoms with van der Waals surface area (Å²) in [6, 6.07) is 13.5. The third-order valence-corrected chi connectivity index (χ3v) is 3.81. The molecule has 0 bridgehead atoms. The first kappa shape index (κ1) is 16.1. The number of hydrogen-bond acceptors (Lipinski definition) is 2. The molecule has 1 N–H and O–H groups in total. The highest BCUT2D eigenvalue weighted by Gasteiger charge is 2.12. The second-order valence-electron chi connectivity index (χ2n) is 5.50. The maximum absolute atomic E-state index is 12.3. The van der Waals surface area contributed by atoms with Gasteiger partial charge in [0.15, 0.2) is 0 Å². The van der Waals surface area contributed by atoms with Crippen LogP contribution in [0.4, 0.5) is 0 Å². The van der Waals surface area contributed by atoms with Crippen molar-refractivity contribution in [2.24, 2.45) is 0 Å². The predicted molar refractivity (Wildman–Crippen MR) is 89.4 cm³/mol. The molecule has 2 rings (SSSR count). The number of ether oxygens (including phenoxy) is 1. The largest absolute Gasteiger partial charge is 0.494 e. The van der Waals surface area contributed by atoms with Crippen molar-refractivity contribution in [1.29, 1.82) is 0 Å². The Balaban J connectivity index is 2.05. The zero-order chi connectivity index (χ0) is 16.1. The molecule has 0 unspecified atom stereocenters. The number of rotatable bonds is 5. The van der Waals surface area contributed by atoms with Crippen molar-refractivity contribution in [2.45, 2.75) is 33.7 Å². The second-order valence-corrected chi connectivity index (χ2v) is 5.50. The summed E-state index contributed by atoms with van der Waals surface area (Å²) in [5, 5.41) is 3.03. The SMILES string of the molecule is CCOc1ccc(C(=O)N[C@H](C)c2ccc(C)c(C)c2)cc1. The van der Waals surface area contributed by atoms with E-state index in [1.807, 2.05) is 26.0 Å². The zero-order valence-electron chi connectivity index (χ0n) is 13.6. The third kappa shape index (κ3) is 3.88. The summed E-state index contributed by atoms with van der Waals surface area (Å²) in [5.74, 6) is 0.704. The van der Waals surface area contributed by atoms with E-state index in [0.717, 1.165) is 11.3 Å². The number of benzene rings is 2. The highest BCUT2D eigenvalue weighted by atomic mass is 16.5. The maximum Gasteiger partial charge on any atom is 0.251 e. The van der Waals surface area contributed by atoms with Gasteiger partial charge < -0.3 is 10.1 Å². The molecule has 0 aliphatic heterocycles. The van der Waals surface area contributed by atoms with Gasteiger partial charge in [-0.1, -0.05) is 18.2 Å². The van der Waals surface area contributed by atoms with Crippen molar-refractivity contribution in [1.82, 2.24) is 5.32 Å². The van der Waals surface area contributed by atoms with E-state index in [-0.39, 0.29) is 11.9 Å². The molecule has 0 aromatic heterocycles. The van der Waals surface area contributed by atoms with Gasteiger partial charge in [0.25, 0.3) is 5.91 Å². The quantitative estimate of drug-likeness (QED) is 0.898. The first-order chi connectivity index (χ1) is 10.5. The molecule has 0 saturated heterocycles. The van der Waals surface area contributed by atoms with Gasteiger partial charge in [-0.3, -0.25) is 4.79 Å². The van der Waals surface area contributed by atoms with Crippen LogP contribution < -0.4 is 10.1 Å². The van der Waals surface area contributed by atoms with Crippen LogP contribution in [0.15, 0.2) is 42.5 Å². The van der Waals surface area contributed by atoms with Gasteiger partial charge in [0, 0.05) is 5.56 Å². The van der Waals surface area contributed by atoms with Crippen LogP contribution in [0.2, 0.25) is 0 Å². The fraction of sp³-hybridized carbons (Fsp3) is 0.316. The summed E-state index contributed by atoms with van der Waals surface area (Å²) >= 11 is 0. The maximum atomic E-state index is 12.3. The van der Waals surface area contributed by atoms with E-state index in [2.05, 4.69) is 37.4 Å². The van der Waals surface area contributed by atoms with Crippen LogP contribution in [0.3, 0.4) is 0 Å². The fourth-order valence-electron chi connectivity index (χ4n) is 2.27. The summed E-state index contributed by atoms with van der Waals surface area (Å²) in [4.78, 5) is 12.3. The Kier molecular flexibility index (Phi) is 5.21. The minimum Gasteiger partial charge on any atom is -0.494 e. The van der Waals surface area contributed by atoms with Crippen LogP contribution in [-0.2, 0) is 0 Å². The minimum atomic E-state index is -0.0752. The third-order valence-electron chi connectivity index (χ3n) is 3.81. The summed E-state index contributed by atoms with van der Waals surface area (Å²) < 4.78 is 5.38. The molecule has 1 atom stereocenters. The van der Waals surface area contributed by atoms with Gasteiger partial charge in [-0.25, -0.2) is 0 Å². The van der Waals surface area contributed by atoms with E-state index in [1.54, 1.807) is 12.1 Å². The van der Waals surface area contributed by atoms with Crippen molar-refractivity contribution in [3.05, 3.63) is 64.7 Å². The summed E-state index contributed by atoms with van der Waals surface area (Å²) in [5.41, 5.74) is 4.25. The van der Waals surface area contributed by atoms with Crippen LogP contribution in [0.25, 0.3) is 0 Å². The van der Waals surface area contributed by atoms with E-state index in [9.17, 15) is 4.79 Å². The first-order valence-corrected chi connectivity index (χ1v) is 7.62. The van der Waals surface area contributed by atoms with Crippen LogP contribution in [0, 0.1) is 13.8 Å². The van der Waals surface area contributed by atoms with Crippen molar-refractivity contribution in [3.8, 4) is 5.75 Å². The van der Waals surface area contributed by atoms with Crippen LogP contribution in [-0.4, -0.2) is 12.5 Å². The minimum absolute atomic E-state index is 0.0293. The molecule has 1 amide bonds. The molecule has 0 saturated carbocycles. The molecule has 2 aromatic carbocycles. The first-order valence-electron chi connectivity index (χ1n) is 7.62. The molecule has 116 valence electrons. The number of hydrogen-bond donors (Lipinski definition) is 1. The monoisotopic (exact) mass is 297 g/mol. The van der Waals surface area contributed by atoms with E-state index < -0.39 is 0 Å². The van der Waals surface area contributed by atoms with Crippen molar-refractivity contribution >= 4 is 5.91 Å². The topological polar surface area (TPSA) is 38.3 Å². The average Bonchev–Trinajstić information content (AvgIpc) is 2.51. The van der Waals surface area contributed by atoms with Crippen LogP contribution in [0.1, 0.15) is 46.9 Å². The Morgan fingerprint density at radius 1 is 1.09 bits per heavy atom. The molecule has 2 aromatic rings. The van der Waals surface area contributed by atoms with Gasteiger partial charge in [-0.2, -0.15) is 0 Å². The molecule has 0 aliphatic rings. The van der Waals surface area contributed by atoms with Gasteiger partial charge in [0.2, 0.25) is 0 Å². The molecule has 3 heteroatoms. The molecular formula is C19H23NO2. The Morgan fingerprint density at radius 3 is 2.36 bits per heavy atom. The van der Waals surface area contributed by atoms with Gasteiger partial charge in [0.05, 0.1) is 12.6 Å². The van der Waals surface area contributed by atoms with Crippen molar-refractivity contribution in [3.63, 3.8) is 0 Å². The smallest absolute Gasteiger partial charge is 0.251 e. The van der Waals surface area contributed by atoms with Crippen molar-refractivity contribution in [2.75, 3.05) is 6.61 Å². The van der Waals surface area contributed by atoms with Gasteiger partial charge >= 0.3 is 0 Å². The van der Waals surface area contributed by atoms with Crippen LogP contribution >= 0.6 is 0 Å². The number of nitrogens with one attached hydrogen (secondary N) is 1. The zero-order valence-corrected chi connectivity index (χ0v) is 13.6. The molecule has 0 aliphatic carbocycles. The molecular weight excluding hydrogens is 274 g/mol. The molecule has 0 radical (unpaired) electrons. The van der Waals surface area contributed by atoms with Crippen molar-refractivity contribution < 1.29 is 9.53 Å². The Hall–Kier alpha value is -2.29. The van der Waals surface area contributed by atoms with Gasteiger partial charge in [0.1, 0.15) is 5.75 Å². The lowest BCUT2D eigenvalue weighted by Gasteiger charge is -2.16. The normalized spacial score (nSPS) is 11.8. The molecule has 22 heavy (non-hydrogen) atoms. The predicted octanol–water partition coefficient (Wildman–Crippen LogP) is 4.19. The standard InChI is InChI=1S/C19H23NO2/c1-5-22-18-10-8-16(9-11-18)19(21)20-15(4)17-7-6-13(2)14(3)12-17/h6-12,15H,5H2,1-4H3,(H,20,21)/t15-/m1/s1. The molecule has 3 nitrogen and oxygen atoms in total. The molecule has 0 fully saturated rings. The van der Waals surface area contributed by atoms with E-state index in [4.69, 9.17) is 4.74 Å². The molecule has 0 heterocycles. The van der Waals surface area contributed by atoms with Gasteiger partial charge in [-0.15, -0.1) is 0 Å². The lowest BCUT2D eigenvalue weighted by Crippen LogP contribution is -2.26. The number of aryl methyl sites for hydroxylation is 2. The van der Waals surface area contributed by atoms with Crippen LogP contribution in [0.5, 0.6) is 5.75 Å². The highest BCUT2D eigenvalue weighted by molar-refractivity contribution is 5.94. The number of carbonyl (C=O) groups excluding carboxylic acids is 1. The van der Waals surface area contributed by atoms with E-state index >= 15 is 0 Å². The second kappa shape index (κ2) is 7.12. The fourth-order valence-corrected chi connectivity index (χ4v) is 2.27. The highest BCUT2D eigenvalue weighted by Crippen LogP contribution is 2.18. The summed E-state index contributed by atoms with van der Waals surface area (Å²) in [6.45, 7) is 8.72. The summed E-state index contributed by atoms with van der Waals surface area (Å²) in [7, 11) is 0. The lowest BCUT2D eigenvalue weighted by molar-refractivity contribution is 0.0940. The number of carbonyl (C=O) groups is 1. The molecule has 0 spiro atoms. The van der Waals surface area contributed by atoms with Gasteiger partial charge in [-0.05, 0) is 68.7 Å². The summed E-state index contributed by atoms with van der Waals surface area (Å²) in [6.07, 6.45) is 0. The Morgan fingerprint density at radius 2 is 1.77 bits per heavy atom. The Bertz CT molecular complexity index is 647. The number of amides is 1. The average molecular weight is 297 g/mol. The van der Waals surface area contributed by atoms with E-state index in [0.29, 0.717) is 12.2 Å². The van der Waals surface area contributed by atoms with E-state index in [1.165, 1.54) is 11.1 Å². The Labute approximate surface area is 132 Å².